The molecule has 1 N–H and O–H groups in total. The number of alkyl halides is 1. The first-order chi connectivity index (χ1) is 10.6. The Balaban J connectivity index is 1.85. The second-order valence-corrected chi connectivity index (χ2v) is 7.65. The number of hydrogen-bond acceptors (Lipinski definition) is 4. The van der Waals surface area contributed by atoms with Gasteiger partial charge in [0.1, 0.15) is 11.3 Å². The quantitative estimate of drug-likeness (QED) is 0.853. The number of carbonyl (C=O) groups excluding carboxylic acids is 2. The van der Waals surface area contributed by atoms with Gasteiger partial charge >= 0.3 is 6.09 Å². The topological polar surface area (TPSA) is 70.1 Å². The molecule has 0 saturated carbocycles. The lowest BCUT2D eigenvalue weighted by atomic mass is 9.93. The number of aliphatic hydroxyl groups excluding tert-OH is 1. The summed E-state index contributed by atoms with van der Waals surface area (Å²) in [4.78, 5) is 26.9. The largest absolute Gasteiger partial charge is 0.444 e. The van der Waals surface area contributed by atoms with Gasteiger partial charge in [-0.2, -0.15) is 0 Å². The van der Waals surface area contributed by atoms with Crippen LogP contribution in [0.25, 0.3) is 0 Å². The zero-order chi connectivity index (χ0) is 17.3. The maximum atomic E-state index is 15.0. The molecule has 0 aromatic rings. The molecule has 2 aliphatic heterocycles. The molecular formula is C16H27FN2O4. The molecule has 0 radical (unpaired) electrons. The Morgan fingerprint density at radius 1 is 1.39 bits per heavy atom. The number of aliphatic hydroxyl groups is 1. The Bertz CT molecular complexity index is 455. The molecule has 2 rings (SSSR count). The Morgan fingerprint density at radius 3 is 2.48 bits per heavy atom. The number of likely N-dealkylation sites (tertiary alicyclic amines) is 2. The van der Waals surface area contributed by atoms with Crippen LogP contribution in [0.5, 0.6) is 0 Å². The van der Waals surface area contributed by atoms with Gasteiger partial charge in [-0.1, -0.05) is 0 Å². The van der Waals surface area contributed by atoms with Crippen LogP contribution in [-0.4, -0.2) is 71.0 Å². The predicted octanol–water partition coefficient (Wildman–Crippen LogP) is 1.57. The van der Waals surface area contributed by atoms with Crippen molar-refractivity contribution in [3.63, 3.8) is 0 Å². The smallest absolute Gasteiger partial charge is 0.410 e. The first-order valence-electron chi connectivity index (χ1n) is 8.17. The van der Waals surface area contributed by atoms with Gasteiger partial charge in [0.15, 0.2) is 0 Å². The summed E-state index contributed by atoms with van der Waals surface area (Å²) in [6.45, 7) is 6.38. The highest BCUT2D eigenvalue weighted by atomic mass is 19.1. The van der Waals surface area contributed by atoms with Gasteiger partial charge in [0.2, 0.25) is 5.91 Å². The number of piperidine rings is 1. The van der Waals surface area contributed by atoms with E-state index in [1.165, 1.54) is 9.80 Å². The molecule has 2 saturated heterocycles. The Labute approximate surface area is 136 Å². The van der Waals surface area contributed by atoms with Crippen molar-refractivity contribution < 1.29 is 23.8 Å². The van der Waals surface area contributed by atoms with Crippen molar-refractivity contribution in [3.8, 4) is 0 Å². The second-order valence-electron chi connectivity index (χ2n) is 7.65. The summed E-state index contributed by atoms with van der Waals surface area (Å²) in [7, 11) is 0. The highest BCUT2D eigenvalue weighted by Crippen LogP contribution is 2.30. The molecule has 1 unspecified atom stereocenters. The number of halogens is 1. The van der Waals surface area contributed by atoms with Crippen molar-refractivity contribution in [3.05, 3.63) is 0 Å². The second kappa shape index (κ2) is 6.63. The Kier molecular flexibility index (Phi) is 5.18. The molecule has 0 spiro atoms. The van der Waals surface area contributed by atoms with Crippen LogP contribution in [0, 0.1) is 5.92 Å². The van der Waals surface area contributed by atoms with E-state index in [0.29, 0.717) is 6.54 Å². The van der Waals surface area contributed by atoms with Crippen LogP contribution < -0.4 is 0 Å². The van der Waals surface area contributed by atoms with Crippen molar-refractivity contribution >= 4 is 12.0 Å². The molecular weight excluding hydrogens is 303 g/mol. The van der Waals surface area contributed by atoms with Crippen molar-refractivity contribution in [2.75, 3.05) is 32.8 Å². The fraction of sp³-hybridized carbons (Fsp3) is 0.875. The summed E-state index contributed by atoms with van der Waals surface area (Å²) in [5.74, 6) is -0.191. The molecule has 23 heavy (non-hydrogen) atoms. The van der Waals surface area contributed by atoms with Gasteiger partial charge in [0, 0.05) is 51.4 Å². The van der Waals surface area contributed by atoms with Crippen LogP contribution in [0.2, 0.25) is 0 Å². The molecule has 2 amide bonds. The molecule has 6 nitrogen and oxygen atoms in total. The minimum Gasteiger partial charge on any atom is -0.444 e. The maximum absolute atomic E-state index is 15.0. The van der Waals surface area contributed by atoms with E-state index in [1.807, 2.05) is 0 Å². The van der Waals surface area contributed by atoms with Gasteiger partial charge in [-0.3, -0.25) is 4.79 Å². The molecule has 0 bridgehead atoms. The van der Waals surface area contributed by atoms with Crippen molar-refractivity contribution in [1.29, 1.82) is 0 Å². The molecule has 2 heterocycles. The van der Waals surface area contributed by atoms with Gasteiger partial charge in [-0.15, -0.1) is 0 Å². The van der Waals surface area contributed by atoms with E-state index in [4.69, 9.17) is 9.84 Å². The number of amides is 2. The zero-order valence-corrected chi connectivity index (χ0v) is 14.2. The highest BCUT2D eigenvalue weighted by Gasteiger charge is 2.41. The average molecular weight is 330 g/mol. The lowest BCUT2D eigenvalue weighted by molar-refractivity contribution is -0.130. The van der Waals surface area contributed by atoms with Crippen LogP contribution >= 0.6 is 0 Å². The van der Waals surface area contributed by atoms with Gasteiger partial charge in [-0.05, 0) is 20.8 Å². The maximum Gasteiger partial charge on any atom is 0.410 e. The molecule has 0 aromatic heterocycles. The van der Waals surface area contributed by atoms with Crippen LogP contribution in [0.1, 0.15) is 40.0 Å². The minimum atomic E-state index is -1.47. The van der Waals surface area contributed by atoms with Crippen molar-refractivity contribution in [2.24, 2.45) is 5.92 Å². The standard InChI is InChI=1S/C16H27FN2O4/c1-15(2,3)23-14(22)18-6-4-16(17,5-7-18)11-19-9-12(10-20)8-13(19)21/h12,20H,4-11H2,1-3H3. The third-order valence-corrected chi connectivity index (χ3v) is 4.34. The summed E-state index contributed by atoms with van der Waals surface area (Å²) in [5, 5.41) is 9.13. The van der Waals surface area contributed by atoms with Gasteiger partial charge in [-0.25, -0.2) is 9.18 Å². The molecule has 7 heteroatoms. The monoisotopic (exact) mass is 330 g/mol. The zero-order valence-electron chi connectivity index (χ0n) is 14.2. The molecule has 2 aliphatic rings. The number of rotatable bonds is 3. The number of hydrogen-bond donors (Lipinski definition) is 1. The van der Waals surface area contributed by atoms with Crippen LogP contribution in [0.3, 0.4) is 0 Å². The number of carbonyl (C=O) groups is 2. The van der Waals surface area contributed by atoms with E-state index in [-0.39, 0.29) is 57.3 Å². The molecule has 0 aromatic carbocycles. The van der Waals surface area contributed by atoms with E-state index < -0.39 is 17.4 Å². The fourth-order valence-corrected chi connectivity index (χ4v) is 3.05. The van der Waals surface area contributed by atoms with Gasteiger partial charge in [0.05, 0.1) is 6.54 Å². The van der Waals surface area contributed by atoms with Crippen molar-refractivity contribution in [1.82, 2.24) is 9.80 Å². The summed E-state index contributed by atoms with van der Waals surface area (Å²) < 4.78 is 20.3. The van der Waals surface area contributed by atoms with Crippen LogP contribution in [0.15, 0.2) is 0 Å². The third kappa shape index (κ3) is 4.80. The van der Waals surface area contributed by atoms with E-state index in [9.17, 15) is 14.0 Å². The average Bonchev–Trinajstić information content (AvgIpc) is 2.77. The van der Waals surface area contributed by atoms with E-state index >= 15 is 0 Å². The summed E-state index contributed by atoms with van der Waals surface area (Å²) in [6.07, 6.45) is 0.258. The Hall–Kier alpha value is -1.37. The highest BCUT2D eigenvalue weighted by molar-refractivity contribution is 5.78. The lowest BCUT2D eigenvalue weighted by Gasteiger charge is -2.38. The van der Waals surface area contributed by atoms with Crippen LogP contribution in [-0.2, 0) is 9.53 Å². The Morgan fingerprint density at radius 2 is 2.00 bits per heavy atom. The molecule has 0 aliphatic carbocycles. The SMILES string of the molecule is CC(C)(C)OC(=O)N1CCC(F)(CN2CC(CO)CC2=O)CC1. The third-order valence-electron chi connectivity index (χ3n) is 4.34. The molecule has 1 atom stereocenters. The number of nitrogens with zero attached hydrogens (tertiary/aromatic N) is 2. The summed E-state index contributed by atoms with van der Waals surface area (Å²) >= 11 is 0. The van der Waals surface area contributed by atoms with E-state index in [2.05, 4.69) is 0 Å². The molecule has 2 fully saturated rings. The van der Waals surface area contributed by atoms with Gasteiger partial charge < -0.3 is 19.6 Å². The normalized spacial score (nSPS) is 24.9. The predicted molar refractivity (Wildman–Crippen MR) is 82.7 cm³/mol. The first-order valence-corrected chi connectivity index (χ1v) is 8.17. The van der Waals surface area contributed by atoms with Crippen molar-refractivity contribution in [2.45, 2.75) is 51.3 Å². The summed E-state index contributed by atoms with van der Waals surface area (Å²) in [6, 6.07) is 0. The molecule has 132 valence electrons. The van der Waals surface area contributed by atoms with Crippen LogP contribution in [0.4, 0.5) is 9.18 Å². The number of ether oxygens (including phenoxy) is 1. The summed E-state index contributed by atoms with van der Waals surface area (Å²) in [5.41, 5.74) is -2.04. The van der Waals surface area contributed by atoms with E-state index in [1.54, 1.807) is 20.8 Å². The fourth-order valence-electron chi connectivity index (χ4n) is 3.05. The minimum absolute atomic E-state index is 0.0461. The first kappa shape index (κ1) is 18.0. The van der Waals surface area contributed by atoms with Gasteiger partial charge in [0.25, 0.3) is 0 Å². The van der Waals surface area contributed by atoms with E-state index in [0.717, 1.165) is 0 Å². The lowest BCUT2D eigenvalue weighted by Crippen LogP contribution is -2.51.